The topological polar surface area (TPSA) is 57.8 Å². The van der Waals surface area contributed by atoms with Crippen LogP contribution in [0.2, 0.25) is 0 Å². The van der Waals surface area contributed by atoms with E-state index in [1.54, 1.807) is 6.07 Å². The molecule has 0 spiro atoms. The molecule has 0 unspecified atom stereocenters. The maximum atomic E-state index is 10.9. The minimum Gasteiger partial charge on any atom is -0.335 e. The summed E-state index contributed by atoms with van der Waals surface area (Å²) in [4.78, 5) is 10.9. The lowest BCUT2D eigenvalue weighted by atomic mass is 10.1. The highest BCUT2D eigenvalue weighted by molar-refractivity contribution is 5.88. The molecule has 0 atom stereocenters. The number of amides is 1. The van der Waals surface area contributed by atoms with Crippen LogP contribution < -0.4 is 5.32 Å². The molecular weight excluding hydrogens is 226 g/mol. The summed E-state index contributed by atoms with van der Waals surface area (Å²) in [5, 5.41) is 11.6. The molecule has 0 saturated carbocycles. The first-order valence-corrected chi connectivity index (χ1v) is 5.55. The Labute approximate surface area is 105 Å². The minimum atomic E-state index is -0.0895. The van der Waals surface area contributed by atoms with E-state index >= 15 is 0 Å². The quantitative estimate of drug-likeness (QED) is 0.875. The predicted molar refractivity (Wildman–Crippen MR) is 69.9 cm³/mol. The first-order chi connectivity index (χ1) is 8.61. The number of anilines is 1. The van der Waals surface area contributed by atoms with Crippen LogP contribution in [-0.2, 0) is 11.8 Å². The predicted octanol–water partition coefficient (Wildman–Crippen LogP) is 2.52. The van der Waals surface area contributed by atoms with Gasteiger partial charge in [-0.3, -0.25) is 4.79 Å². The van der Waals surface area contributed by atoms with Gasteiger partial charge in [-0.2, -0.15) is 5.26 Å². The van der Waals surface area contributed by atoms with E-state index < -0.39 is 0 Å². The molecule has 0 saturated heterocycles. The number of hydrogen-bond donors (Lipinski definition) is 1. The lowest BCUT2D eigenvalue weighted by Crippen LogP contribution is -2.05. The van der Waals surface area contributed by atoms with Gasteiger partial charge in [0.05, 0.1) is 0 Å². The number of rotatable bonds is 2. The van der Waals surface area contributed by atoms with E-state index in [0.717, 1.165) is 16.9 Å². The van der Waals surface area contributed by atoms with Gasteiger partial charge in [-0.25, -0.2) is 0 Å². The largest absolute Gasteiger partial charge is 0.335 e. The number of nitrogens with zero attached hydrogens (tertiary/aromatic N) is 2. The van der Waals surface area contributed by atoms with Gasteiger partial charge in [-0.05, 0) is 29.8 Å². The molecule has 90 valence electrons. The van der Waals surface area contributed by atoms with Crippen molar-refractivity contribution in [1.29, 1.82) is 5.26 Å². The normalized spacial score (nSPS) is 9.83. The number of carbonyl (C=O) groups is 1. The summed E-state index contributed by atoms with van der Waals surface area (Å²) in [6, 6.07) is 13.3. The third kappa shape index (κ3) is 2.25. The molecule has 0 radical (unpaired) electrons. The summed E-state index contributed by atoms with van der Waals surface area (Å²) in [5.74, 6) is -0.0895. The van der Waals surface area contributed by atoms with E-state index in [0.29, 0.717) is 5.69 Å². The van der Waals surface area contributed by atoms with Crippen LogP contribution in [-0.4, -0.2) is 10.5 Å². The highest BCUT2D eigenvalue weighted by Gasteiger charge is 2.06. The van der Waals surface area contributed by atoms with Crippen molar-refractivity contribution in [3.63, 3.8) is 0 Å². The number of carbonyl (C=O) groups excluding carboxylic acids is 1. The summed E-state index contributed by atoms with van der Waals surface area (Å²) in [5.41, 5.74) is 3.37. The number of benzene rings is 1. The molecule has 4 heteroatoms. The molecule has 0 aliphatic rings. The Balaban J connectivity index is 2.32. The van der Waals surface area contributed by atoms with Crippen LogP contribution in [0.3, 0.4) is 0 Å². The van der Waals surface area contributed by atoms with Crippen molar-refractivity contribution >= 4 is 11.6 Å². The second kappa shape index (κ2) is 4.76. The zero-order chi connectivity index (χ0) is 13.1. The third-order valence-corrected chi connectivity index (χ3v) is 2.74. The average molecular weight is 239 g/mol. The lowest BCUT2D eigenvalue weighted by molar-refractivity contribution is -0.114. The van der Waals surface area contributed by atoms with Crippen molar-refractivity contribution in [2.45, 2.75) is 6.92 Å². The highest BCUT2D eigenvalue weighted by atomic mass is 16.1. The highest BCUT2D eigenvalue weighted by Crippen LogP contribution is 2.23. The smallest absolute Gasteiger partial charge is 0.221 e. The molecule has 0 aliphatic carbocycles. The van der Waals surface area contributed by atoms with Crippen LogP contribution >= 0.6 is 0 Å². The summed E-state index contributed by atoms with van der Waals surface area (Å²) in [6.45, 7) is 1.48. The summed E-state index contributed by atoms with van der Waals surface area (Å²) >= 11 is 0. The molecule has 1 aromatic carbocycles. The van der Waals surface area contributed by atoms with Gasteiger partial charge in [-0.15, -0.1) is 0 Å². The van der Waals surface area contributed by atoms with Crippen molar-refractivity contribution in [3.8, 4) is 17.3 Å². The Hall–Kier alpha value is -2.54. The molecule has 0 bridgehead atoms. The standard InChI is InChI=1S/C14H13N3O/c1-10(18)16-12-5-3-11(4-6-12)14-8-7-13(9-15)17(14)2/h3-8H,1-2H3,(H,16,18). The summed E-state index contributed by atoms with van der Waals surface area (Å²) in [7, 11) is 1.86. The molecule has 2 aromatic rings. The molecule has 1 heterocycles. The summed E-state index contributed by atoms with van der Waals surface area (Å²) in [6.07, 6.45) is 0. The first-order valence-electron chi connectivity index (χ1n) is 5.55. The van der Waals surface area contributed by atoms with Gasteiger partial charge < -0.3 is 9.88 Å². The van der Waals surface area contributed by atoms with Crippen molar-refractivity contribution in [1.82, 2.24) is 4.57 Å². The van der Waals surface area contributed by atoms with E-state index in [1.807, 2.05) is 41.9 Å². The van der Waals surface area contributed by atoms with E-state index in [-0.39, 0.29) is 5.91 Å². The fourth-order valence-corrected chi connectivity index (χ4v) is 1.84. The van der Waals surface area contributed by atoms with Gasteiger partial charge >= 0.3 is 0 Å². The number of aromatic nitrogens is 1. The number of nitriles is 1. The maximum Gasteiger partial charge on any atom is 0.221 e. The number of nitrogens with one attached hydrogen (secondary N) is 1. The molecule has 0 aliphatic heterocycles. The van der Waals surface area contributed by atoms with Gasteiger partial charge in [0.25, 0.3) is 0 Å². The monoisotopic (exact) mass is 239 g/mol. The van der Waals surface area contributed by atoms with Gasteiger partial charge in [0.1, 0.15) is 11.8 Å². The molecule has 18 heavy (non-hydrogen) atoms. The van der Waals surface area contributed by atoms with Gasteiger partial charge in [0, 0.05) is 25.4 Å². The second-order valence-corrected chi connectivity index (χ2v) is 4.03. The zero-order valence-corrected chi connectivity index (χ0v) is 10.3. The van der Waals surface area contributed by atoms with E-state index in [4.69, 9.17) is 5.26 Å². The number of hydrogen-bond acceptors (Lipinski definition) is 2. The SMILES string of the molecule is CC(=O)Nc1ccc(-c2ccc(C#N)n2C)cc1. The molecule has 2 rings (SSSR count). The van der Waals surface area contributed by atoms with Crippen molar-refractivity contribution < 1.29 is 4.79 Å². The average Bonchev–Trinajstić information content (AvgIpc) is 2.71. The zero-order valence-electron chi connectivity index (χ0n) is 10.3. The van der Waals surface area contributed by atoms with Crippen LogP contribution in [0.25, 0.3) is 11.3 Å². The Kier molecular flexibility index (Phi) is 3.16. The van der Waals surface area contributed by atoms with Gasteiger partial charge in [0.2, 0.25) is 5.91 Å². The summed E-state index contributed by atoms with van der Waals surface area (Å²) < 4.78 is 1.84. The van der Waals surface area contributed by atoms with Crippen LogP contribution in [0.5, 0.6) is 0 Å². The van der Waals surface area contributed by atoms with E-state index in [2.05, 4.69) is 11.4 Å². The van der Waals surface area contributed by atoms with Crippen LogP contribution in [0.1, 0.15) is 12.6 Å². The fraction of sp³-hybridized carbons (Fsp3) is 0.143. The van der Waals surface area contributed by atoms with Crippen LogP contribution in [0, 0.1) is 11.3 Å². The Morgan fingerprint density at radius 1 is 1.22 bits per heavy atom. The van der Waals surface area contributed by atoms with Crippen molar-refractivity contribution in [3.05, 3.63) is 42.1 Å². The van der Waals surface area contributed by atoms with E-state index in [1.165, 1.54) is 6.92 Å². The molecule has 0 fully saturated rings. The van der Waals surface area contributed by atoms with Crippen LogP contribution in [0.15, 0.2) is 36.4 Å². The van der Waals surface area contributed by atoms with Crippen molar-refractivity contribution in [2.24, 2.45) is 7.05 Å². The molecule has 1 aromatic heterocycles. The molecule has 1 amide bonds. The third-order valence-electron chi connectivity index (χ3n) is 2.74. The first kappa shape index (κ1) is 11.9. The van der Waals surface area contributed by atoms with Gasteiger partial charge in [0.15, 0.2) is 0 Å². The van der Waals surface area contributed by atoms with Crippen LogP contribution in [0.4, 0.5) is 5.69 Å². The Bertz CT molecular complexity index is 617. The molecule has 4 nitrogen and oxygen atoms in total. The Morgan fingerprint density at radius 3 is 2.39 bits per heavy atom. The maximum absolute atomic E-state index is 10.9. The Morgan fingerprint density at radius 2 is 1.89 bits per heavy atom. The lowest BCUT2D eigenvalue weighted by Gasteiger charge is -2.06. The van der Waals surface area contributed by atoms with E-state index in [9.17, 15) is 4.79 Å². The fourth-order valence-electron chi connectivity index (χ4n) is 1.84. The molecule has 1 N–H and O–H groups in total. The second-order valence-electron chi connectivity index (χ2n) is 4.03. The minimum absolute atomic E-state index is 0.0895. The van der Waals surface area contributed by atoms with Crippen molar-refractivity contribution in [2.75, 3.05) is 5.32 Å². The van der Waals surface area contributed by atoms with Gasteiger partial charge in [-0.1, -0.05) is 12.1 Å². The molecular formula is C14H13N3O.